The zero-order valence-electron chi connectivity index (χ0n) is 25.4. The largest absolute Gasteiger partial charge is 0.427 e. The van der Waals surface area contributed by atoms with Crippen LogP contribution in [0.25, 0.3) is 44.4 Å². The van der Waals surface area contributed by atoms with Crippen molar-refractivity contribution in [2.45, 2.75) is 38.9 Å². The molecule has 0 saturated heterocycles. The van der Waals surface area contributed by atoms with Crippen molar-refractivity contribution < 1.29 is 14.2 Å². The van der Waals surface area contributed by atoms with E-state index in [1.807, 2.05) is 38.1 Å². The van der Waals surface area contributed by atoms with Crippen LogP contribution in [0.1, 0.15) is 27.7 Å². The molecular weight excluding hydrogens is 544 g/mol. The number of nitrogens with zero attached hydrogens (tertiary/aromatic N) is 1. The lowest BCUT2D eigenvalue weighted by Crippen LogP contribution is -2.49. The molecule has 0 bridgehead atoms. The molecule has 4 aromatic rings. The SMILES string of the molecule is CC(C)(O)C(C)(C)O[B]c1cccc(-c2ccc3c4c(c(-c5ccc(F)cc5)nc3c2)=C2C=CC=CC2C2C=CC=CC=42)c1. The predicted octanol–water partition coefficient (Wildman–Crippen LogP) is 6.32. The Balaban J connectivity index is 1.42. The smallest absolute Gasteiger partial charge is 0.330 e. The summed E-state index contributed by atoms with van der Waals surface area (Å²) in [6.45, 7) is 7.25. The fourth-order valence-electron chi connectivity index (χ4n) is 6.24. The molecule has 2 atom stereocenters. The minimum atomic E-state index is -1.01. The summed E-state index contributed by atoms with van der Waals surface area (Å²) in [5, 5.41) is 13.9. The molecule has 0 saturated carbocycles. The maximum absolute atomic E-state index is 14.0. The fraction of sp³-hybridized carbons (Fsp3) is 0.205. The normalized spacial score (nSPS) is 18.8. The lowest BCUT2D eigenvalue weighted by molar-refractivity contribution is -0.0893. The van der Waals surface area contributed by atoms with Crippen molar-refractivity contribution in [1.82, 2.24) is 4.98 Å². The second-order valence-electron chi connectivity index (χ2n) is 12.8. The molecule has 0 fully saturated rings. The third-order valence-corrected chi connectivity index (χ3v) is 9.38. The minimum absolute atomic E-state index is 0.212. The summed E-state index contributed by atoms with van der Waals surface area (Å²) < 4.78 is 20.1. The third-order valence-electron chi connectivity index (χ3n) is 9.38. The van der Waals surface area contributed by atoms with E-state index in [4.69, 9.17) is 9.64 Å². The number of rotatable bonds is 6. The van der Waals surface area contributed by atoms with Gasteiger partial charge < -0.3 is 9.76 Å². The van der Waals surface area contributed by atoms with Crippen molar-refractivity contribution in [2.75, 3.05) is 0 Å². The van der Waals surface area contributed by atoms with Gasteiger partial charge in [-0.1, -0.05) is 90.5 Å². The van der Waals surface area contributed by atoms with E-state index in [9.17, 15) is 9.50 Å². The molecule has 5 heteroatoms. The number of aliphatic hydroxyl groups is 1. The molecule has 0 spiro atoms. The second-order valence-corrected chi connectivity index (χ2v) is 12.8. The van der Waals surface area contributed by atoms with Crippen molar-refractivity contribution in [3.63, 3.8) is 0 Å². The number of benzene rings is 3. The van der Waals surface area contributed by atoms with E-state index in [1.165, 1.54) is 28.5 Å². The van der Waals surface area contributed by atoms with Crippen LogP contribution in [-0.2, 0) is 4.65 Å². The average Bonchev–Trinajstić information content (AvgIpc) is 3.03. The molecule has 2 unspecified atom stereocenters. The molecule has 1 radical (unpaired) electrons. The Morgan fingerprint density at radius 1 is 0.750 bits per heavy atom. The summed E-state index contributed by atoms with van der Waals surface area (Å²) in [4.78, 5) is 5.30. The van der Waals surface area contributed by atoms with E-state index in [0.29, 0.717) is 0 Å². The van der Waals surface area contributed by atoms with Crippen molar-refractivity contribution in [1.29, 1.82) is 0 Å². The zero-order valence-corrected chi connectivity index (χ0v) is 25.4. The molecule has 44 heavy (non-hydrogen) atoms. The minimum Gasteiger partial charge on any atom is -0.427 e. The van der Waals surface area contributed by atoms with Gasteiger partial charge >= 0.3 is 7.48 Å². The Hall–Kier alpha value is -4.32. The highest BCUT2D eigenvalue weighted by Gasteiger charge is 2.36. The Morgan fingerprint density at radius 3 is 2.07 bits per heavy atom. The average molecular weight is 579 g/mol. The number of allylic oxidation sites excluding steroid dienone is 8. The van der Waals surface area contributed by atoms with Gasteiger partial charge in [0, 0.05) is 28.0 Å². The van der Waals surface area contributed by atoms with Gasteiger partial charge in [-0.3, -0.25) is 0 Å². The Morgan fingerprint density at radius 2 is 1.39 bits per heavy atom. The van der Waals surface area contributed by atoms with Crippen molar-refractivity contribution in [3.8, 4) is 22.4 Å². The molecule has 1 N–H and O–H groups in total. The number of hydrogen-bond donors (Lipinski definition) is 1. The highest BCUT2D eigenvalue weighted by molar-refractivity contribution is 6.47. The molecule has 1 heterocycles. The first-order chi connectivity index (χ1) is 21.1. The van der Waals surface area contributed by atoms with Crippen molar-refractivity contribution in [2.24, 2.45) is 11.8 Å². The van der Waals surface area contributed by atoms with E-state index < -0.39 is 11.2 Å². The van der Waals surface area contributed by atoms with Gasteiger partial charge in [0.25, 0.3) is 0 Å². The van der Waals surface area contributed by atoms with Gasteiger partial charge in [0.1, 0.15) is 5.82 Å². The second kappa shape index (κ2) is 10.7. The van der Waals surface area contributed by atoms with E-state index in [2.05, 4.69) is 78.9 Å². The van der Waals surface area contributed by atoms with Crippen LogP contribution in [0.15, 0.2) is 115 Å². The molecule has 7 rings (SSSR count). The lowest BCUT2D eigenvalue weighted by Gasteiger charge is -2.37. The van der Waals surface area contributed by atoms with Gasteiger partial charge in [-0.2, -0.15) is 0 Å². The van der Waals surface area contributed by atoms with Gasteiger partial charge in [-0.05, 0) is 85.5 Å². The summed E-state index contributed by atoms with van der Waals surface area (Å²) in [6.07, 6.45) is 17.5. The number of hydrogen-bond acceptors (Lipinski definition) is 3. The molecule has 0 amide bonds. The maximum atomic E-state index is 14.0. The number of fused-ring (bicyclic) bond motifs is 6. The first kappa shape index (κ1) is 28.5. The van der Waals surface area contributed by atoms with Crippen LogP contribution in [-0.4, -0.2) is 28.8 Å². The Kier molecular flexibility index (Phi) is 6.91. The van der Waals surface area contributed by atoms with Crippen LogP contribution in [0.2, 0.25) is 0 Å². The van der Waals surface area contributed by atoms with Crippen LogP contribution in [0, 0.1) is 17.7 Å². The first-order valence-electron chi connectivity index (χ1n) is 15.1. The standard InChI is InChI=1S/C39H34BFNO2/c1-38(2,43)39(3,4)44-40-27-11-9-10-25(22-27)26-18-21-33-34(23-26)42-37(24-16-19-28(41)20-17-24)36-32-15-8-6-13-30(32)29-12-5-7-14-31(29)35(33)36/h5-23,29-30,43H,1-4H3. The topological polar surface area (TPSA) is 42.4 Å². The summed E-state index contributed by atoms with van der Waals surface area (Å²) >= 11 is 0. The van der Waals surface area contributed by atoms with Crippen LogP contribution >= 0.6 is 0 Å². The summed E-state index contributed by atoms with van der Waals surface area (Å²) in [7, 11) is 1.71. The van der Waals surface area contributed by atoms with Gasteiger partial charge in [0.2, 0.25) is 0 Å². The van der Waals surface area contributed by atoms with Crippen LogP contribution in [0.4, 0.5) is 4.39 Å². The van der Waals surface area contributed by atoms with Gasteiger partial charge in [0.05, 0.1) is 22.4 Å². The highest BCUT2D eigenvalue weighted by atomic mass is 19.1. The molecule has 3 nitrogen and oxygen atoms in total. The van der Waals surface area contributed by atoms with Crippen molar-refractivity contribution >= 4 is 35.0 Å². The predicted molar refractivity (Wildman–Crippen MR) is 179 cm³/mol. The van der Waals surface area contributed by atoms with Crippen LogP contribution in [0.3, 0.4) is 0 Å². The monoisotopic (exact) mass is 578 g/mol. The molecule has 0 aliphatic heterocycles. The molecule has 217 valence electrons. The van der Waals surface area contributed by atoms with Crippen molar-refractivity contribution in [3.05, 3.63) is 132 Å². The van der Waals surface area contributed by atoms with E-state index >= 15 is 0 Å². The molecule has 3 aromatic carbocycles. The first-order valence-corrected chi connectivity index (χ1v) is 15.1. The van der Waals surface area contributed by atoms with Gasteiger partial charge in [0.15, 0.2) is 0 Å². The lowest BCUT2D eigenvalue weighted by atomic mass is 9.71. The quantitative estimate of drug-likeness (QED) is 0.273. The summed E-state index contributed by atoms with van der Waals surface area (Å²) in [5.74, 6) is 0.178. The summed E-state index contributed by atoms with van der Waals surface area (Å²) in [5.41, 5.74) is 6.38. The van der Waals surface area contributed by atoms with Gasteiger partial charge in [-0.25, -0.2) is 9.37 Å². The van der Waals surface area contributed by atoms with Crippen LogP contribution < -0.4 is 15.9 Å². The molecule has 1 aromatic heterocycles. The molecule has 3 aliphatic rings. The number of halogens is 1. The number of pyridine rings is 1. The Labute approximate surface area is 258 Å². The third kappa shape index (κ3) is 4.90. The maximum Gasteiger partial charge on any atom is 0.330 e. The van der Waals surface area contributed by atoms with E-state index in [-0.39, 0.29) is 17.7 Å². The van der Waals surface area contributed by atoms with Crippen LogP contribution in [0.5, 0.6) is 0 Å². The summed E-state index contributed by atoms with van der Waals surface area (Å²) in [6, 6.07) is 21.3. The number of aromatic nitrogens is 1. The van der Waals surface area contributed by atoms with E-state index in [1.54, 1.807) is 21.3 Å². The zero-order chi connectivity index (χ0) is 30.6. The fourth-order valence-corrected chi connectivity index (χ4v) is 6.24. The van der Waals surface area contributed by atoms with Gasteiger partial charge in [-0.15, -0.1) is 0 Å². The Bertz CT molecular complexity index is 2050. The molecule has 3 aliphatic carbocycles. The van der Waals surface area contributed by atoms with E-state index in [0.717, 1.165) is 44.0 Å². The molecular formula is C39H34BFNO2. The highest BCUT2D eigenvalue weighted by Crippen LogP contribution is 2.38.